The number of urea groups is 1. The van der Waals surface area contributed by atoms with E-state index in [1.54, 1.807) is 7.11 Å². The Labute approximate surface area is 144 Å². The van der Waals surface area contributed by atoms with Crippen molar-refractivity contribution in [1.29, 1.82) is 0 Å². The topological polar surface area (TPSA) is 44.8 Å². The molecular weight excluding hydrogens is 302 g/mol. The summed E-state index contributed by atoms with van der Waals surface area (Å²) >= 11 is 0. The lowest BCUT2D eigenvalue weighted by atomic mass is 10.0. The normalized spacial score (nSPS) is 20.3. The fourth-order valence-corrected chi connectivity index (χ4v) is 3.43. The predicted molar refractivity (Wildman–Crippen MR) is 96.2 cm³/mol. The van der Waals surface area contributed by atoms with Crippen LogP contribution in [0.2, 0.25) is 0 Å². The molecule has 1 aromatic rings. The minimum Gasteiger partial charge on any atom is -0.377 e. The van der Waals surface area contributed by atoms with Crippen LogP contribution in [-0.2, 0) is 4.74 Å². The van der Waals surface area contributed by atoms with Gasteiger partial charge in [-0.1, -0.05) is 24.3 Å². The summed E-state index contributed by atoms with van der Waals surface area (Å²) in [5, 5.41) is 3.02. The summed E-state index contributed by atoms with van der Waals surface area (Å²) in [7, 11) is 1.69. The Hall–Kier alpha value is -1.85. The van der Waals surface area contributed by atoms with Crippen LogP contribution in [0, 0.1) is 0 Å². The molecule has 0 aliphatic carbocycles. The van der Waals surface area contributed by atoms with E-state index < -0.39 is 0 Å². The zero-order chi connectivity index (χ0) is 16.9. The summed E-state index contributed by atoms with van der Waals surface area (Å²) in [6.07, 6.45) is 6.58. The molecule has 3 rings (SSSR count). The number of anilines is 1. The Morgan fingerprint density at radius 2 is 1.96 bits per heavy atom. The zero-order valence-electron chi connectivity index (χ0n) is 14.6. The minimum atomic E-state index is -0.00443. The quantitative estimate of drug-likeness (QED) is 0.863. The number of carbonyl (C=O) groups excluding carboxylic acids is 1. The number of piperidine rings is 1. The third-order valence-corrected chi connectivity index (χ3v) is 5.08. The van der Waals surface area contributed by atoms with Crippen LogP contribution in [-0.4, -0.2) is 55.2 Å². The van der Waals surface area contributed by atoms with Gasteiger partial charge in [0.05, 0.1) is 6.10 Å². The highest BCUT2D eigenvalue weighted by molar-refractivity contribution is 5.89. The average molecular weight is 329 g/mol. The highest BCUT2D eigenvalue weighted by atomic mass is 16.5. The number of benzene rings is 1. The summed E-state index contributed by atoms with van der Waals surface area (Å²) in [5.74, 6) is 0. The van der Waals surface area contributed by atoms with E-state index >= 15 is 0 Å². The third-order valence-electron chi connectivity index (χ3n) is 5.08. The lowest BCUT2D eigenvalue weighted by Gasteiger charge is -2.36. The van der Waals surface area contributed by atoms with Gasteiger partial charge in [0.15, 0.2) is 0 Å². The van der Waals surface area contributed by atoms with E-state index in [1.165, 1.54) is 0 Å². The fourth-order valence-electron chi connectivity index (χ4n) is 3.43. The van der Waals surface area contributed by atoms with Crippen LogP contribution in [0.1, 0.15) is 31.4 Å². The summed E-state index contributed by atoms with van der Waals surface area (Å²) in [6, 6.07) is 8.47. The monoisotopic (exact) mass is 329 g/mol. The van der Waals surface area contributed by atoms with Crippen molar-refractivity contribution in [3.63, 3.8) is 0 Å². The second-order valence-electron chi connectivity index (χ2n) is 6.58. The smallest absolute Gasteiger partial charge is 0.321 e. The van der Waals surface area contributed by atoms with Gasteiger partial charge in [-0.05, 0) is 37.5 Å². The van der Waals surface area contributed by atoms with Crippen LogP contribution in [0.15, 0.2) is 36.4 Å². The third kappa shape index (κ3) is 3.97. The first kappa shape index (κ1) is 17.0. The number of nitrogens with zero attached hydrogens (tertiary/aromatic N) is 2. The van der Waals surface area contributed by atoms with Gasteiger partial charge in [-0.2, -0.15) is 0 Å². The molecule has 0 radical (unpaired) electrons. The molecule has 24 heavy (non-hydrogen) atoms. The SMILES string of the molecule is COC(C)c1cccc(NC(=O)N2CCC(N3CC=CC3)CC2)c1. The Morgan fingerprint density at radius 3 is 2.62 bits per heavy atom. The molecule has 2 amide bonds. The van der Waals surface area contributed by atoms with Crippen molar-refractivity contribution in [2.24, 2.45) is 0 Å². The van der Waals surface area contributed by atoms with Gasteiger partial charge in [0.25, 0.3) is 0 Å². The molecule has 0 aromatic heterocycles. The lowest BCUT2D eigenvalue weighted by molar-refractivity contribution is 0.119. The van der Waals surface area contributed by atoms with Crippen molar-refractivity contribution in [1.82, 2.24) is 9.80 Å². The molecule has 1 fully saturated rings. The van der Waals surface area contributed by atoms with Crippen molar-refractivity contribution in [2.45, 2.75) is 31.9 Å². The van der Waals surface area contributed by atoms with Crippen LogP contribution in [0.25, 0.3) is 0 Å². The van der Waals surface area contributed by atoms with Crippen LogP contribution >= 0.6 is 0 Å². The predicted octanol–water partition coefficient (Wildman–Crippen LogP) is 3.26. The standard InChI is InChI=1S/C19H27N3O2/c1-15(24-2)16-6-5-7-17(14-16)20-19(23)22-12-8-18(9-13-22)21-10-3-4-11-21/h3-7,14-15,18H,8-13H2,1-2H3,(H,20,23). The molecule has 1 saturated heterocycles. The number of carbonyl (C=O) groups is 1. The molecule has 0 spiro atoms. The molecule has 1 atom stereocenters. The number of hydrogen-bond acceptors (Lipinski definition) is 3. The number of likely N-dealkylation sites (tertiary alicyclic amines) is 1. The number of hydrogen-bond donors (Lipinski definition) is 1. The second kappa shape index (κ2) is 7.81. The van der Waals surface area contributed by atoms with Crippen molar-refractivity contribution < 1.29 is 9.53 Å². The molecule has 1 aromatic carbocycles. The van der Waals surface area contributed by atoms with Crippen LogP contribution in [0.4, 0.5) is 10.5 Å². The summed E-state index contributed by atoms with van der Waals surface area (Å²) in [6.45, 7) is 5.75. The first-order valence-electron chi connectivity index (χ1n) is 8.75. The average Bonchev–Trinajstić information content (AvgIpc) is 3.16. The number of nitrogens with one attached hydrogen (secondary N) is 1. The first-order valence-corrected chi connectivity index (χ1v) is 8.75. The lowest BCUT2D eigenvalue weighted by Crippen LogP contribution is -2.47. The number of ether oxygens (including phenoxy) is 1. The number of amides is 2. The highest BCUT2D eigenvalue weighted by Gasteiger charge is 2.27. The molecule has 1 unspecified atom stereocenters. The molecule has 5 nitrogen and oxygen atoms in total. The Bertz CT molecular complexity index is 586. The maximum Gasteiger partial charge on any atom is 0.321 e. The van der Waals surface area contributed by atoms with Gasteiger partial charge < -0.3 is 15.0 Å². The molecule has 2 aliphatic heterocycles. The molecule has 5 heteroatoms. The Kier molecular flexibility index (Phi) is 5.53. The van der Waals surface area contributed by atoms with Gasteiger partial charge in [-0.25, -0.2) is 4.79 Å². The molecular formula is C19H27N3O2. The van der Waals surface area contributed by atoms with Gasteiger partial charge in [-0.3, -0.25) is 4.90 Å². The maximum absolute atomic E-state index is 12.5. The van der Waals surface area contributed by atoms with Crippen molar-refractivity contribution >= 4 is 11.7 Å². The largest absolute Gasteiger partial charge is 0.377 e. The summed E-state index contributed by atoms with van der Waals surface area (Å²) in [4.78, 5) is 16.9. The molecule has 0 bridgehead atoms. The van der Waals surface area contributed by atoms with Gasteiger partial charge >= 0.3 is 6.03 Å². The maximum atomic E-state index is 12.5. The van der Waals surface area contributed by atoms with Crippen molar-refractivity contribution in [2.75, 3.05) is 38.6 Å². The second-order valence-corrected chi connectivity index (χ2v) is 6.58. The molecule has 2 heterocycles. The van der Waals surface area contributed by atoms with Crippen LogP contribution in [0.3, 0.4) is 0 Å². The Morgan fingerprint density at radius 1 is 1.25 bits per heavy atom. The van der Waals surface area contributed by atoms with Gasteiger partial charge in [-0.15, -0.1) is 0 Å². The molecule has 1 N–H and O–H groups in total. The fraction of sp³-hybridized carbons (Fsp3) is 0.526. The van der Waals surface area contributed by atoms with Gasteiger partial charge in [0.2, 0.25) is 0 Å². The van der Waals surface area contributed by atoms with Crippen LogP contribution < -0.4 is 5.32 Å². The van der Waals surface area contributed by atoms with E-state index in [0.717, 1.165) is 50.3 Å². The highest BCUT2D eigenvalue weighted by Crippen LogP contribution is 2.22. The van der Waals surface area contributed by atoms with Gasteiger partial charge in [0.1, 0.15) is 0 Å². The van der Waals surface area contributed by atoms with E-state index in [9.17, 15) is 4.79 Å². The number of rotatable bonds is 4. The zero-order valence-corrected chi connectivity index (χ0v) is 14.6. The number of methoxy groups -OCH3 is 1. The van der Waals surface area contributed by atoms with E-state index in [1.807, 2.05) is 36.1 Å². The molecule has 0 saturated carbocycles. The first-order chi connectivity index (χ1) is 11.7. The van der Waals surface area contributed by atoms with E-state index in [4.69, 9.17) is 4.74 Å². The van der Waals surface area contributed by atoms with Crippen molar-refractivity contribution in [3.8, 4) is 0 Å². The summed E-state index contributed by atoms with van der Waals surface area (Å²) in [5.41, 5.74) is 1.89. The van der Waals surface area contributed by atoms with Crippen LogP contribution in [0.5, 0.6) is 0 Å². The Balaban J connectivity index is 1.52. The van der Waals surface area contributed by atoms with Crippen molar-refractivity contribution in [3.05, 3.63) is 42.0 Å². The molecule has 2 aliphatic rings. The summed E-state index contributed by atoms with van der Waals surface area (Å²) < 4.78 is 5.34. The minimum absolute atomic E-state index is 0.00443. The van der Waals surface area contributed by atoms with E-state index in [2.05, 4.69) is 22.4 Å². The van der Waals surface area contributed by atoms with E-state index in [-0.39, 0.29) is 12.1 Å². The van der Waals surface area contributed by atoms with Gasteiger partial charge in [0, 0.05) is 45.0 Å². The van der Waals surface area contributed by atoms with E-state index in [0.29, 0.717) is 6.04 Å². The molecule has 130 valence electrons.